The predicted octanol–water partition coefficient (Wildman–Crippen LogP) is 2.08. The van der Waals surface area contributed by atoms with Crippen molar-refractivity contribution in [3.8, 4) is 0 Å². The highest BCUT2D eigenvalue weighted by atomic mass is 16.4. The zero-order valence-electron chi connectivity index (χ0n) is 11.0. The number of carboxylic acids is 1. The van der Waals surface area contributed by atoms with Gasteiger partial charge < -0.3 is 5.11 Å². The third kappa shape index (κ3) is 2.88. The van der Waals surface area contributed by atoms with Gasteiger partial charge in [0.1, 0.15) is 0 Å². The number of aryl methyl sites for hydroxylation is 1. The summed E-state index contributed by atoms with van der Waals surface area (Å²) in [6.45, 7) is 6.18. The Morgan fingerprint density at radius 2 is 2.33 bits per heavy atom. The molecule has 0 aromatic carbocycles. The van der Waals surface area contributed by atoms with Crippen molar-refractivity contribution in [2.75, 3.05) is 13.1 Å². The van der Waals surface area contributed by atoms with E-state index in [2.05, 4.69) is 16.0 Å². The van der Waals surface area contributed by atoms with Gasteiger partial charge in [-0.1, -0.05) is 6.07 Å². The van der Waals surface area contributed by atoms with E-state index in [1.54, 1.807) is 0 Å². The van der Waals surface area contributed by atoms with Crippen LogP contribution < -0.4 is 0 Å². The van der Waals surface area contributed by atoms with Gasteiger partial charge in [-0.3, -0.25) is 14.7 Å². The lowest BCUT2D eigenvalue weighted by molar-refractivity contribution is -0.151. The molecule has 1 fully saturated rings. The second kappa shape index (κ2) is 5.06. The van der Waals surface area contributed by atoms with Gasteiger partial charge in [0.2, 0.25) is 0 Å². The van der Waals surface area contributed by atoms with Gasteiger partial charge in [-0.2, -0.15) is 0 Å². The number of aromatic nitrogens is 1. The predicted molar refractivity (Wildman–Crippen MR) is 69.2 cm³/mol. The molecule has 0 radical (unpaired) electrons. The fraction of sp³-hybridized carbons (Fsp3) is 0.571. The number of pyridine rings is 1. The molecule has 1 saturated heterocycles. The highest BCUT2D eigenvalue weighted by Gasteiger charge is 2.37. The van der Waals surface area contributed by atoms with Crippen molar-refractivity contribution in [3.63, 3.8) is 0 Å². The average molecular weight is 248 g/mol. The van der Waals surface area contributed by atoms with E-state index in [0.29, 0.717) is 6.54 Å². The molecule has 1 unspecified atom stereocenters. The molecule has 1 N–H and O–H groups in total. The summed E-state index contributed by atoms with van der Waals surface area (Å²) in [5, 5.41) is 9.28. The largest absolute Gasteiger partial charge is 0.481 e. The number of piperidine rings is 1. The standard InChI is InChI=1S/C14H20N2O2/c1-11-4-5-12(8-15-11)9-16-7-3-6-14(2,10-16)13(17)18/h4-5,8H,3,6-7,9-10H2,1-2H3,(H,17,18). The molecular formula is C14H20N2O2. The molecule has 1 aliphatic rings. The van der Waals surface area contributed by atoms with Crippen LogP contribution in [-0.2, 0) is 11.3 Å². The summed E-state index contributed by atoms with van der Waals surface area (Å²) in [7, 11) is 0. The van der Waals surface area contributed by atoms with Gasteiger partial charge in [0.05, 0.1) is 5.41 Å². The molecule has 4 nitrogen and oxygen atoms in total. The van der Waals surface area contributed by atoms with Crippen LogP contribution in [-0.4, -0.2) is 34.0 Å². The maximum atomic E-state index is 11.3. The molecule has 0 amide bonds. The van der Waals surface area contributed by atoms with Gasteiger partial charge in [-0.25, -0.2) is 0 Å². The molecule has 98 valence electrons. The Hall–Kier alpha value is -1.42. The van der Waals surface area contributed by atoms with E-state index in [4.69, 9.17) is 0 Å². The number of carboxylic acid groups (broad SMARTS) is 1. The first-order chi connectivity index (χ1) is 8.49. The van der Waals surface area contributed by atoms with Crippen molar-refractivity contribution < 1.29 is 9.90 Å². The number of likely N-dealkylation sites (tertiary alicyclic amines) is 1. The van der Waals surface area contributed by atoms with Crippen molar-refractivity contribution in [1.82, 2.24) is 9.88 Å². The minimum atomic E-state index is -0.686. The fourth-order valence-electron chi connectivity index (χ4n) is 2.50. The van der Waals surface area contributed by atoms with E-state index >= 15 is 0 Å². The smallest absolute Gasteiger partial charge is 0.310 e. The molecule has 1 aromatic heterocycles. The van der Waals surface area contributed by atoms with E-state index in [1.807, 2.05) is 26.1 Å². The zero-order chi connectivity index (χ0) is 13.2. The van der Waals surface area contributed by atoms with Crippen LogP contribution in [0.3, 0.4) is 0 Å². The van der Waals surface area contributed by atoms with E-state index in [1.165, 1.54) is 0 Å². The van der Waals surface area contributed by atoms with Crippen LogP contribution in [0.1, 0.15) is 31.0 Å². The number of hydrogen-bond donors (Lipinski definition) is 1. The number of rotatable bonds is 3. The van der Waals surface area contributed by atoms with Crippen LogP contribution in [0, 0.1) is 12.3 Å². The lowest BCUT2D eigenvalue weighted by atomic mass is 9.82. The summed E-state index contributed by atoms with van der Waals surface area (Å²) in [5.74, 6) is -0.686. The van der Waals surface area contributed by atoms with Crippen LogP contribution in [0.4, 0.5) is 0 Å². The summed E-state index contributed by atoms with van der Waals surface area (Å²) in [6, 6.07) is 4.06. The monoisotopic (exact) mass is 248 g/mol. The lowest BCUT2D eigenvalue weighted by Gasteiger charge is -2.37. The summed E-state index contributed by atoms with van der Waals surface area (Å²) in [6.07, 6.45) is 3.59. The topological polar surface area (TPSA) is 53.4 Å². The first kappa shape index (κ1) is 13.0. The second-order valence-electron chi connectivity index (χ2n) is 5.49. The van der Waals surface area contributed by atoms with Gasteiger partial charge in [-0.15, -0.1) is 0 Å². The number of nitrogens with zero attached hydrogens (tertiary/aromatic N) is 2. The van der Waals surface area contributed by atoms with Gasteiger partial charge in [0.15, 0.2) is 0 Å². The summed E-state index contributed by atoms with van der Waals surface area (Å²) < 4.78 is 0. The number of carbonyl (C=O) groups is 1. The molecule has 18 heavy (non-hydrogen) atoms. The van der Waals surface area contributed by atoms with E-state index in [9.17, 15) is 9.90 Å². The molecule has 0 spiro atoms. The van der Waals surface area contributed by atoms with Crippen LogP contribution >= 0.6 is 0 Å². The number of aliphatic carboxylic acids is 1. The highest BCUT2D eigenvalue weighted by molar-refractivity contribution is 5.74. The van der Waals surface area contributed by atoms with Crippen molar-refractivity contribution in [2.45, 2.75) is 33.2 Å². The molecule has 0 aliphatic carbocycles. The molecule has 4 heteroatoms. The van der Waals surface area contributed by atoms with Crippen LogP contribution in [0.15, 0.2) is 18.3 Å². The summed E-state index contributed by atoms with van der Waals surface area (Å²) in [5.41, 5.74) is 1.55. The molecular weight excluding hydrogens is 228 g/mol. The third-order valence-electron chi connectivity index (χ3n) is 3.67. The molecule has 1 aliphatic heterocycles. The van der Waals surface area contributed by atoms with E-state index in [0.717, 1.165) is 37.2 Å². The first-order valence-electron chi connectivity index (χ1n) is 6.37. The van der Waals surface area contributed by atoms with Crippen molar-refractivity contribution >= 4 is 5.97 Å². The van der Waals surface area contributed by atoms with Crippen LogP contribution in [0.25, 0.3) is 0 Å². The molecule has 2 rings (SSSR count). The maximum absolute atomic E-state index is 11.3. The van der Waals surface area contributed by atoms with E-state index in [-0.39, 0.29) is 0 Å². The Bertz CT molecular complexity index is 430. The van der Waals surface area contributed by atoms with Crippen molar-refractivity contribution in [2.24, 2.45) is 5.41 Å². The van der Waals surface area contributed by atoms with Crippen molar-refractivity contribution in [1.29, 1.82) is 0 Å². The Kier molecular flexibility index (Phi) is 3.66. The maximum Gasteiger partial charge on any atom is 0.310 e. The van der Waals surface area contributed by atoms with Crippen LogP contribution in [0.5, 0.6) is 0 Å². The zero-order valence-corrected chi connectivity index (χ0v) is 11.0. The van der Waals surface area contributed by atoms with Crippen molar-refractivity contribution in [3.05, 3.63) is 29.6 Å². The molecule has 0 bridgehead atoms. The Morgan fingerprint density at radius 3 is 2.94 bits per heavy atom. The molecule has 1 atom stereocenters. The summed E-state index contributed by atoms with van der Waals surface area (Å²) in [4.78, 5) is 17.8. The Labute approximate surface area is 108 Å². The van der Waals surface area contributed by atoms with Crippen LogP contribution in [0.2, 0.25) is 0 Å². The third-order valence-corrected chi connectivity index (χ3v) is 3.67. The Morgan fingerprint density at radius 1 is 1.56 bits per heavy atom. The van der Waals surface area contributed by atoms with Gasteiger partial charge >= 0.3 is 5.97 Å². The molecule has 2 heterocycles. The molecule has 0 saturated carbocycles. The number of hydrogen-bond acceptors (Lipinski definition) is 3. The van der Waals surface area contributed by atoms with Gasteiger partial charge in [0.25, 0.3) is 0 Å². The SMILES string of the molecule is Cc1ccc(CN2CCCC(C)(C(=O)O)C2)cn1. The van der Waals surface area contributed by atoms with Gasteiger partial charge in [0, 0.05) is 25.0 Å². The highest BCUT2D eigenvalue weighted by Crippen LogP contribution is 2.30. The van der Waals surface area contributed by atoms with E-state index < -0.39 is 11.4 Å². The molecule has 1 aromatic rings. The quantitative estimate of drug-likeness (QED) is 0.889. The lowest BCUT2D eigenvalue weighted by Crippen LogP contribution is -2.45. The first-order valence-corrected chi connectivity index (χ1v) is 6.37. The Balaban J connectivity index is 2.02. The second-order valence-corrected chi connectivity index (χ2v) is 5.49. The summed E-state index contributed by atoms with van der Waals surface area (Å²) >= 11 is 0. The average Bonchev–Trinajstić information content (AvgIpc) is 2.32. The minimum absolute atomic E-state index is 0.601. The normalized spacial score (nSPS) is 25.0. The minimum Gasteiger partial charge on any atom is -0.481 e. The fourth-order valence-corrected chi connectivity index (χ4v) is 2.50. The van der Waals surface area contributed by atoms with Gasteiger partial charge in [-0.05, 0) is 44.9 Å².